The molecule has 4 nitrogen and oxygen atoms in total. The van der Waals surface area contributed by atoms with E-state index < -0.39 is 5.41 Å². The molecule has 2 aromatic rings. The molecule has 0 aromatic carbocycles. The second-order valence-electron chi connectivity index (χ2n) is 4.86. The van der Waals surface area contributed by atoms with Crippen molar-refractivity contribution in [3.05, 3.63) is 33.5 Å². The van der Waals surface area contributed by atoms with Gasteiger partial charge in [0.2, 0.25) is 5.91 Å². The van der Waals surface area contributed by atoms with Crippen molar-refractivity contribution in [2.24, 2.45) is 0 Å². The monoisotopic (exact) mass is 303 g/mol. The second kappa shape index (κ2) is 5.35. The first-order valence-corrected chi connectivity index (χ1v) is 8.15. The fraction of sp³-hybridized carbons (Fsp3) is 0.357. The number of amides is 1. The number of carbonyl (C=O) groups excluding carboxylic acids is 1. The highest BCUT2D eigenvalue weighted by molar-refractivity contribution is 7.16. The average Bonchev–Trinajstić information content (AvgIpc) is 3.19. The van der Waals surface area contributed by atoms with Crippen LogP contribution in [0, 0.1) is 11.3 Å². The molecule has 102 valence electrons. The number of anilines is 1. The van der Waals surface area contributed by atoms with Crippen molar-refractivity contribution in [1.82, 2.24) is 4.98 Å². The van der Waals surface area contributed by atoms with Gasteiger partial charge < -0.3 is 5.32 Å². The molecular formula is C14H13N3OS2. The number of aromatic nitrogens is 1. The molecule has 1 aliphatic rings. The van der Waals surface area contributed by atoms with Crippen LogP contribution < -0.4 is 5.32 Å². The maximum Gasteiger partial charge on any atom is 0.237 e. The summed E-state index contributed by atoms with van der Waals surface area (Å²) in [4.78, 5) is 18.4. The van der Waals surface area contributed by atoms with Gasteiger partial charge in [-0.2, -0.15) is 5.26 Å². The van der Waals surface area contributed by atoms with Crippen LogP contribution in [0.25, 0.3) is 0 Å². The average molecular weight is 303 g/mol. The van der Waals surface area contributed by atoms with E-state index in [4.69, 9.17) is 5.26 Å². The minimum absolute atomic E-state index is 0.0105. The van der Waals surface area contributed by atoms with Gasteiger partial charge in [0, 0.05) is 4.88 Å². The standard InChI is InChI=1S/C14H13N3OS2/c15-8-10-9-16-13(20-10)17-12(18)14(5-1-2-6-14)11-4-3-7-19-11/h3-4,7,9H,1-2,5-6H2,(H,16,17,18). The third-order valence-corrected chi connectivity index (χ3v) is 5.61. The number of hydrogen-bond donors (Lipinski definition) is 1. The molecular weight excluding hydrogens is 290 g/mol. The topological polar surface area (TPSA) is 65.8 Å². The van der Waals surface area contributed by atoms with E-state index in [0.717, 1.165) is 30.6 Å². The van der Waals surface area contributed by atoms with Gasteiger partial charge in [-0.25, -0.2) is 4.98 Å². The number of rotatable bonds is 3. The van der Waals surface area contributed by atoms with Gasteiger partial charge in [0.15, 0.2) is 5.13 Å². The molecule has 1 amide bonds. The Balaban J connectivity index is 1.85. The Morgan fingerprint density at radius 1 is 1.45 bits per heavy atom. The third kappa shape index (κ3) is 2.23. The molecule has 1 saturated carbocycles. The molecule has 1 aliphatic carbocycles. The lowest BCUT2D eigenvalue weighted by atomic mass is 9.83. The molecule has 0 radical (unpaired) electrons. The molecule has 2 heterocycles. The van der Waals surface area contributed by atoms with E-state index in [0.29, 0.717) is 10.0 Å². The predicted molar refractivity (Wildman–Crippen MR) is 79.9 cm³/mol. The van der Waals surface area contributed by atoms with Crippen LogP contribution in [0.15, 0.2) is 23.7 Å². The van der Waals surface area contributed by atoms with Crippen molar-refractivity contribution in [3.8, 4) is 6.07 Å². The summed E-state index contributed by atoms with van der Waals surface area (Å²) in [5.74, 6) is 0.0105. The van der Waals surface area contributed by atoms with Gasteiger partial charge in [-0.15, -0.1) is 11.3 Å². The number of carbonyl (C=O) groups is 1. The highest BCUT2D eigenvalue weighted by Gasteiger charge is 2.43. The molecule has 0 unspecified atom stereocenters. The zero-order valence-corrected chi connectivity index (χ0v) is 12.4. The van der Waals surface area contributed by atoms with Crippen molar-refractivity contribution in [3.63, 3.8) is 0 Å². The summed E-state index contributed by atoms with van der Waals surface area (Å²) in [5.41, 5.74) is -0.410. The Morgan fingerprint density at radius 3 is 2.85 bits per heavy atom. The van der Waals surface area contributed by atoms with Crippen LogP contribution in [-0.4, -0.2) is 10.9 Å². The fourth-order valence-electron chi connectivity index (χ4n) is 2.72. The highest BCUT2D eigenvalue weighted by atomic mass is 32.1. The van der Waals surface area contributed by atoms with Gasteiger partial charge in [0.25, 0.3) is 0 Å². The number of nitrogens with zero attached hydrogens (tertiary/aromatic N) is 2. The van der Waals surface area contributed by atoms with E-state index in [1.807, 2.05) is 23.6 Å². The zero-order valence-electron chi connectivity index (χ0n) is 10.8. The number of hydrogen-bond acceptors (Lipinski definition) is 5. The molecule has 3 rings (SSSR count). The minimum atomic E-state index is -0.410. The van der Waals surface area contributed by atoms with Gasteiger partial charge in [-0.1, -0.05) is 30.2 Å². The molecule has 2 aromatic heterocycles. The molecule has 1 fully saturated rings. The first kappa shape index (κ1) is 13.3. The predicted octanol–water partition coefficient (Wildman–Crippen LogP) is 3.53. The molecule has 6 heteroatoms. The maximum absolute atomic E-state index is 12.7. The number of thiophene rings is 1. The van der Waals surface area contributed by atoms with E-state index in [9.17, 15) is 4.79 Å². The summed E-state index contributed by atoms with van der Waals surface area (Å²) in [6.07, 6.45) is 5.41. The zero-order chi connectivity index (χ0) is 14.0. The van der Waals surface area contributed by atoms with Gasteiger partial charge in [0.05, 0.1) is 11.6 Å². The third-order valence-electron chi connectivity index (χ3n) is 3.72. The second-order valence-corrected chi connectivity index (χ2v) is 6.84. The van der Waals surface area contributed by atoms with Gasteiger partial charge in [-0.3, -0.25) is 4.79 Å². The van der Waals surface area contributed by atoms with Gasteiger partial charge in [-0.05, 0) is 24.3 Å². The number of thiazole rings is 1. The molecule has 0 spiro atoms. The Morgan fingerprint density at radius 2 is 2.25 bits per heavy atom. The van der Waals surface area contributed by atoms with E-state index in [1.165, 1.54) is 17.5 Å². The van der Waals surface area contributed by atoms with Crippen LogP contribution in [0.3, 0.4) is 0 Å². The molecule has 0 saturated heterocycles. The maximum atomic E-state index is 12.7. The van der Waals surface area contributed by atoms with Gasteiger partial charge in [0.1, 0.15) is 10.9 Å². The Labute approximate surface area is 125 Å². The van der Waals surface area contributed by atoms with E-state index in [1.54, 1.807) is 11.3 Å². The first-order chi connectivity index (χ1) is 9.74. The number of nitriles is 1. The lowest BCUT2D eigenvalue weighted by molar-refractivity contribution is -0.121. The van der Waals surface area contributed by atoms with Crippen molar-refractivity contribution >= 4 is 33.7 Å². The van der Waals surface area contributed by atoms with Crippen LogP contribution in [0.4, 0.5) is 5.13 Å². The van der Waals surface area contributed by atoms with E-state index >= 15 is 0 Å². The molecule has 1 N–H and O–H groups in total. The van der Waals surface area contributed by atoms with E-state index in [-0.39, 0.29) is 5.91 Å². The summed E-state index contributed by atoms with van der Waals surface area (Å²) in [7, 11) is 0. The summed E-state index contributed by atoms with van der Waals surface area (Å²) in [6, 6.07) is 6.06. The van der Waals surface area contributed by atoms with Crippen LogP contribution in [-0.2, 0) is 10.2 Å². The quantitative estimate of drug-likeness (QED) is 0.943. The van der Waals surface area contributed by atoms with Crippen LogP contribution in [0.1, 0.15) is 35.4 Å². The first-order valence-electron chi connectivity index (χ1n) is 6.46. The smallest absolute Gasteiger partial charge is 0.237 e. The highest BCUT2D eigenvalue weighted by Crippen LogP contribution is 2.44. The van der Waals surface area contributed by atoms with E-state index in [2.05, 4.69) is 10.3 Å². The van der Waals surface area contributed by atoms with Crippen molar-refractivity contribution in [1.29, 1.82) is 5.26 Å². The SMILES string of the molecule is N#Cc1cnc(NC(=O)C2(c3cccs3)CCCC2)s1. The fourth-order valence-corrected chi connectivity index (χ4v) is 4.31. The molecule has 0 aliphatic heterocycles. The van der Waals surface area contributed by atoms with Gasteiger partial charge >= 0.3 is 0 Å². The lowest BCUT2D eigenvalue weighted by Gasteiger charge is -2.25. The largest absolute Gasteiger partial charge is 0.301 e. The Kier molecular flexibility index (Phi) is 3.55. The number of nitrogens with one attached hydrogen (secondary N) is 1. The summed E-state index contributed by atoms with van der Waals surface area (Å²) in [6.45, 7) is 0. The Hall–Kier alpha value is -1.71. The van der Waals surface area contributed by atoms with Crippen LogP contribution in [0.2, 0.25) is 0 Å². The summed E-state index contributed by atoms with van der Waals surface area (Å²) < 4.78 is 0. The summed E-state index contributed by atoms with van der Waals surface area (Å²) in [5, 5.41) is 14.2. The molecule has 20 heavy (non-hydrogen) atoms. The molecule has 0 bridgehead atoms. The molecule has 0 atom stereocenters. The van der Waals surface area contributed by atoms with Crippen molar-refractivity contribution in [2.75, 3.05) is 5.32 Å². The van der Waals surface area contributed by atoms with Crippen molar-refractivity contribution < 1.29 is 4.79 Å². The normalized spacial score (nSPS) is 16.8. The minimum Gasteiger partial charge on any atom is -0.301 e. The summed E-state index contributed by atoms with van der Waals surface area (Å²) >= 11 is 2.85. The van der Waals surface area contributed by atoms with Crippen molar-refractivity contribution in [2.45, 2.75) is 31.1 Å². The lowest BCUT2D eigenvalue weighted by Crippen LogP contribution is -2.37. The van der Waals surface area contributed by atoms with Crippen LogP contribution in [0.5, 0.6) is 0 Å². The van der Waals surface area contributed by atoms with Crippen LogP contribution >= 0.6 is 22.7 Å². The Bertz CT molecular complexity index is 648.